The van der Waals surface area contributed by atoms with E-state index >= 15 is 0 Å². The summed E-state index contributed by atoms with van der Waals surface area (Å²) >= 11 is 0. The van der Waals surface area contributed by atoms with Crippen LogP contribution in [-0.2, 0) is 0 Å². The van der Waals surface area contributed by atoms with E-state index in [2.05, 4.69) is 12.0 Å². The van der Waals surface area contributed by atoms with Crippen molar-refractivity contribution in [2.24, 2.45) is 5.11 Å². The number of phenolic OH excluding ortho intramolecular Hbond substituents is 1. The van der Waals surface area contributed by atoms with Crippen molar-refractivity contribution in [2.75, 3.05) is 6.61 Å². The standard InChI is InChI=1S/C10H14N2O2/c1-2-3-6-14-8-4-5-9(12-11)10(13)7-8/h4-5,7,11,13H,2-3,6H2,1H3. The highest BCUT2D eigenvalue weighted by Crippen LogP contribution is 2.30. The molecule has 0 unspecified atom stereocenters. The van der Waals surface area contributed by atoms with E-state index in [1.807, 2.05) is 0 Å². The van der Waals surface area contributed by atoms with Crippen molar-refractivity contribution in [3.8, 4) is 11.5 Å². The van der Waals surface area contributed by atoms with Gasteiger partial charge in [0, 0.05) is 6.07 Å². The van der Waals surface area contributed by atoms with Crippen molar-refractivity contribution >= 4 is 5.69 Å². The van der Waals surface area contributed by atoms with Gasteiger partial charge in [0.2, 0.25) is 0 Å². The Morgan fingerprint density at radius 2 is 2.29 bits per heavy atom. The molecule has 0 heterocycles. The number of hydrogen-bond acceptors (Lipinski definition) is 4. The second-order valence-corrected chi connectivity index (χ2v) is 2.96. The zero-order valence-corrected chi connectivity index (χ0v) is 8.16. The van der Waals surface area contributed by atoms with Crippen molar-refractivity contribution in [3.05, 3.63) is 18.2 Å². The molecule has 0 aliphatic carbocycles. The Labute approximate surface area is 83.0 Å². The van der Waals surface area contributed by atoms with Crippen LogP contribution in [0.2, 0.25) is 0 Å². The maximum Gasteiger partial charge on any atom is 0.146 e. The van der Waals surface area contributed by atoms with Crippen LogP contribution in [0.4, 0.5) is 5.69 Å². The van der Waals surface area contributed by atoms with Crippen LogP contribution in [0.3, 0.4) is 0 Å². The Morgan fingerprint density at radius 1 is 1.50 bits per heavy atom. The number of aromatic hydroxyl groups is 1. The van der Waals surface area contributed by atoms with E-state index < -0.39 is 0 Å². The van der Waals surface area contributed by atoms with Gasteiger partial charge in [-0.2, -0.15) is 5.11 Å². The topological polar surface area (TPSA) is 65.7 Å². The van der Waals surface area contributed by atoms with E-state index in [0.29, 0.717) is 12.4 Å². The van der Waals surface area contributed by atoms with Crippen LogP contribution >= 0.6 is 0 Å². The van der Waals surface area contributed by atoms with Gasteiger partial charge in [-0.3, -0.25) is 0 Å². The monoisotopic (exact) mass is 194 g/mol. The number of unbranched alkanes of at least 4 members (excludes halogenated alkanes) is 1. The van der Waals surface area contributed by atoms with E-state index in [0.717, 1.165) is 12.8 Å². The molecule has 0 bridgehead atoms. The predicted octanol–water partition coefficient (Wildman–Crippen LogP) is 3.23. The number of hydrogen-bond donors (Lipinski definition) is 2. The number of ether oxygens (including phenoxy) is 1. The molecule has 4 nitrogen and oxygen atoms in total. The lowest BCUT2D eigenvalue weighted by molar-refractivity contribution is 0.307. The van der Waals surface area contributed by atoms with Crippen LogP contribution in [-0.4, -0.2) is 11.7 Å². The van der Waals surface area contributed by atoms with Crippen molar-refractivity contribution < 1.29 is 9.84 Å². The average Bonchev–Trinajstić information content (AvgIpc) is 2.18. The first-order valence-electron chi connectivity index (χ1n) is 4.61. The zero-order valence-electron chi connectivity index (χ0n) is 8.16. The lowest BCUT2D eigenvalue weighted by Crippen LogP contribution is -1.95. The van der Waals surface area contributed by atoms with Gasteiger partial charge >= 0.3 is 0 Å². The molecule has 4 heteroatoms. The third-order valence-corrected chi connectivity index (χ3v) is 1.83. The molecule has 0 aliphatic heterocycles. The van der Waals surface area contributed by atoms with Gasteiger partial charge in [0.1, 0.15) is 17.2 Å². The molecule has 0 amide bonds. The summed E-state index contributed by atoms with van der Waals surface area (Å²) in [5.41, 5.74) is 7.00. The maximum atomic E-state index is 9.35. The number of rotatable bonds is 5. The van der Waals surface area contributed by atoms with Gasteiger partial charge in [0.15, 0.2) is 0 Å². The molecule has 1 aromatic rings. The van der Waals surface area contributed by atoms with E-state index in [9.17, 15) is 5.11 Å². The minimum Gasteiger partial charge on any atom is -0.505 e. The highest BCUT2D eigenvalue weighted by atomic mass is 16.5. The van der Waals surface area contributed by atoms with Crippen molar-refractivity contribution in [2.45, 2.75) is 19.8 Å². The molecule has 14 heavy (non-hydrogen) atoms. The smallest absolute Gasteiger partial charge is 0.146 e. The fraction of sp³-hybridized carbons (Fsp3) is 0.400. The molecule has 1 rings (SSSR count). The summed E-state index contributed by atoms with van der Waals surface area (Å²) < 4.78 is 5.36. The van der Waals surface area contributed by atoms with Crippen LogP contribution in [0.25, 0.3) is 0 Å². The Hall–Kier alpha value is -1.58. The summed E-state index contributed by atoms with van der Waals surface area (Å²) in [6, 6.07) is 4.73. The second kappa shape index (κ2) is 5.21. The van der Waals surface area contributed by atoms with E-state index in [-0.39, 0.29) is 11.4 Å². The van der Waals surface area contributed by atoms with E-state index in [1.165, 1.54) is 6.07 Å². The molecule has 76 valence electrons. The molecular weight excluding hydrogens is 180 g/mol. The first-order chi connectivity index (χ1) is 6.77. The van der Waals surface area contributed by atoms with Crippen LogP contribution < -0.4 is 4.74 Å². The fourth-order valence-electron chi connectivity index (χ4n) is 1.02. The summed E-state index contributed by atoms with van der Waals surface area (Å²) in [6.45, 7) is 2.73. The van der Waals surface area contributed by atoms with Crippen LogP contribution in [0.5, 0.6) is 11.5 Å². The number of benzene rings is 1. The number of nitrogens with one attached hydrogen (secondary N) is 1. The first-order valence-corrected chi connectivity index (χ1v) is 4.61. The normalized spacial score (nSPS) is 9.79. The van der Waals surface area contributed by atoms with Gasteiger partial charge < -0.3 is 9.84 Å². The highest BCUT2D eigenvalue weighted by Gasteiger charge is 2.01. The highest BCUT2D eigenvalue weighted by molar-refractivity contribution is 5.53. The lowest BCUT2D eigenvalue weighted by Gasteiger charge is -2.05. The molecule has 0 spiro atoms. The Morgan fingerprint density at radius 3 is 2.86 bits per heavy atom. The minimum absolute atomic E-state index is 0.0194. The van der Waals surface area contributed by atoms with E-state index in [4.69, 9.17) is 10.3 Å². The SMILES string of the molecule is CCCCOc1ccc(N=N)c(O)c1. The molecule has 0 saturated carbocycles. The van der Waals surface area contributed by atoms with Crippen LogP contribution in [0.1, 0.15) is 19.8 Å². The van der Waals surface area contributed by atoms with Crippen molar-refractivity contribution in [1.82, 2.24) is 0 Å². The Balaban J connectivity index is 2.62. The van der Waals surface area contributed by atoms with Crippen LogP contribution in [0.15, 0.2) is 23.3 Å². The lowest BCUT2D eigenvalue weighted by atomic mass is 10.3. The number of nitrogens with zero attached hydrogens (tertiary/aromatic N) is 1. The first kappa shape index (κ1) is 10.5. The molecule has 1 aromatic carbocycles. The summed E-state index contributed by atoms with van der Waals surface area (Å²) in [5, 5.41) is 12.5. The summed E-state index contributed by atoms with van der Waals surface area (Å²) in [5.74, 6) is 0.595. The van der Waals surface area contributed by atoms with Gasteiger partial charge in [-0.1, -0.05) is 13.3 Å². The van der Waals surface area contributed by atoms with Gasteiger partial charge in [-0.05, 0) is 18.6 Å². The zero-order chi connectivity index (χ0) is 10.4. The predicted molar refractivity (Wildman–Crippen MR) is 53.3 cm³/mol. The molecule has 0 aromatic heterocycles. The average molecular weight is 194 g/mol. The minimum atomic E-state index is -0.0194. The van der Waals surface area contributed by atoms with Gasteiger partial charge in [-0.15, -0.1) is 0 Å². The summed E-state index contributed by atoms with van der Waals surface area (Å²) in [7, 11) is 0. The quantitative estimate of drug-likeness (QED) is 0.558. The molecule has 0 atom stereocenters. The third-order valence-electron chi connectivity index (χ3n) is 1.83. The molecule has 0 fully saturated rings. The van der Waals surface area contributed by atoms with E-state index in [1.54, 1.807) is 12.1 Å². The Bertz CT molecular complexity index is 313. The summed E-state index contributed by atoms with van der Waals surface area (Å²) in [6.07, 6.45) is 2.07. The summed E-state index contributed by atoms with van der Waals surface area (Å²) in [4.78, 5) is 0. The van der Waals surface area contributed by atoms with Crippen molar-refractivity contribution in [1.29, 1.82) is 5.53 Å². The maximum absolute atomic E-state index is 9.35. The van der Waals surface area contributed by atoms with Crippen molar-refractivity contribution in [3.63, 3.8) is 0 Å². The largest absolute Gasteiger partial charge is 0.505 e. The third kappa shape index (κ3) is 2.73. The Kier molecular flexibility index (Phi) is 3.91. The molecular formula is C10H14N2O2. The van der Waals surface area contributed by atoms with Gasteiger partial charge in [0.05, 0.1) is 6.61 Å². The molecule has 2 N–H and O–H groups in total. The second-order valence-electron chi connectivity index (χ2n) is 2.96. The molecule has 0 saturated heterocycles. The van der Waals surface area contributed by atoms with Gasteiger partial charge in [-0.25, -0.2) is 5.53 Å². The van der Waals surface area contributed by atoms with Crippen LogP contribution in [0, 0.1) is 5.53 Å². The molecule has 0 aliphatic rings. The fourth-order valence-corrected chi connectivity index (χ4v) is 1.02. The molecule has 0 radical (unpaired) electrons. The number of phenols is 1. The van der Waals surface area contributed by atoms with Gasteiger partial charge in [0.25, 0.3) is 0 Å².